The highest BCUT2D eigenvalue weighted by Crippen LogP contribution is 2.31. The number of benzene rings is 2. The number of hydrogen-bond donors (Lipinski definition) is 4. The van der Waals surface area contributed by atoms with E-state index in [9.17, 15) is 9.90 Å². The summed E-state index contributed by atoms with van der Waals surface area (Å²) in [6, 6.07) is 16.8. The molecule has 166 valence electrons. The SMILES string of the molecule is Cc1cc(NC(=O)c2[nH]c(C)c(-c3nc4ccc(C(O)c5ccccc5)cc4[nH]3)c2C)no1. The number of aliphatic hydroxyl groups is 1. The number of nitrogens with one attached hydrogen (secondary N) is 3. The Morgan fingerprint density at radius 3 is 2.55 bits per heavy atom. The molecule has 1 amide bonds. The first-order valence-electron chi connectivity index (χ1n) is 10.6. The van der Waals surface area contributed by atoms with Crippen molar-refractivity contribution in [2.45, 2.75) is 26.9 Å². The maximum atomic E-state index is 12.8. The summed E-state index contributed by atoms with van der Waals surface area (Å²) in [5.41, 5.74) is 6.04. The van der Waals surface area contributed by atoms with Gasteiger partial charge in [-0.3, -0.25) is 4.79 Å². The van der Waals surface area contributed by atoms with Crippen LogP contribution in [0.3, 0.4) is 0 Å². The molecule has 1 unspecified atom stereocenters. The topological polar surface area (TPSA) is 120 Å². The molecule has 0 aliphatic rings. The zero-order valence-corrected chi connectivity index (χ0v) is 18.4. The standard InChI is InChI=1S/C25H23N5O3/c1-13-11-20(30-33-13)29-25(32)22-14(2)21(15(3)26-22)24-27-18-10-9-17(12-19(18)28-24)23(31)16-7-5-4-6-8-16/h4-12,23,26,31H,1-3H3,(H,27,28)(H,29,30,32). The molecule has 0 spiro atoms. The molecule has 33 heavy (non-hydrogen) atoms. The first-order valence-corrected chi connectivity index (χ1v) is 10.6. The Morgan fingerprint density at radius 1 is 1.03 bits per heavy atom. The lowest BCUT2D eigenvalue weighted by Gasteiger charge is -2.11. The predicted octanol–water partition coefficient (Wildman–Crippen LogP) is 4.81. The van der Waals surface area contributed by atoms with E-state index in [1.165, 1.54) is 0 Å². The summed E-state index contributed by atoms with van der Waals surface area (Å²) in [7, 11) is 0. The smallest absolute Gasteiger partial charge is 0.273 e. The Bertz CT molecular complexity index is 1460. The van der Waals surface area contributed by atoms with E-state index in [1.54, 1.807) is 13.0 Å². The van der Waals surface area contributed by atoms with Gasteiger partial charge in [0.2, 0.25) is 0 Å². The lowest BCUT2D eigenvalue weighted by atomic mass is 10.0. The summed E-state index contributed by atoms with van der Waals surface area (Å²) in [6.07, 6.45) is -0.728. The van der Waals surface area contributed by atoms with Crippen molar-refractivity contribution in [1.29, 1.82) is 0 Å². The lowest BCUT2D eigenvalue weighted by molar-refractivity contribution is 0.102. The van der Waals surface area contributed by atoms with Crippen molar-refractivity contribution in [3.05, 3.63) is 88.4 Å². The third-order valence-corrected chi connectivity index (χ3v) is 5.71. The predicted molar refractivity (Wildman–Crippen MR) is 125 cm³/mol. The zero-order chi connectivity index (χ0) is 23.1. The maximum absolute atomic E-state index is 12.8. The number of H-pyrrole nitrogens is 2. The second-order valence-corrected chi connectivity index (χ2v) is 8.08. The van der Waals surface area contributed by atoms with Crippen LogP contribution in [0.25, 0.3) is 22.4 Å². The number of amides is 1. The number of carbonyl (C=O) groups excluding carboxylic acids is 1. The fourth-order valence-electron chi connectivity index (χ4n) is 4.08. The number of hydrogen-bond acceptors (Lipinski definition) is 5. The summed E-state index contributed by atoms with van der Waals surface area (Å²) < 4.78 is 5.01. The third-order valence-electron chi connectivity index (χ3n) is 5.71. The second-order valence-electron chi connectivity index (χ2n) is 8.08. The van der Waals surface area contributed by atoms with Gasteiger partial charge < -0.3 is 24.9 Å². The molecule has 0 saturated carbocycles. The van der Waals surface area contributed by atoms with Gasteiger partial charge in [0.05, 0.1) is 11.0 Å². The van der Waals surface area contributed by atoms with E-state index in [1.807, 2.05) is 62.4 Å². The van der Waals surface area contributed by atoms with E-state index in [4.69, 9.17) is 9.51 Å². The van der Waals surface area contributed by atoms with E-state index < -0.39 is 6.10 Å². The molecule has 3 aromatic heterocycles. The average molecular weight is 441 g/mol. The first kappa shape index (κ1) is 20.7. The summed E-state index contributed by atoms with van der Waals surface area (Å²) in [5.74, 6) is 1.32. The van der Waals surface area contributed by atoms with Gasteiger partial charge in [-0.15, -0.1) is 0 Å². The van der Waals surface area contributed by atoms with Crippen molar-refractivity contribution < 1.29 is 14.4 Å². The van der Waals surface area contributed by atoms with Crippen LogP contribution in [0, 0.1) is 20.8 Å². The number of aromatic nitrogens is 4. The summed E-state index contributed by atoms with van der Waals surface area (Å²) in [6.45, 7) is 5.54. The van der Waals surface area contributed by atoms with Crippen LogP contribution < -0.4 is 5.32 Å². The van der Waals surface area contributed by atoms with Gasteiger partial charge in [-0.2, -0.15) is 0 Å². The summed E-state index contributed by atoms with van der Waals surface area (Å²) in [4.78, 5) is 24.0. The molecule has 2 aromatic carbocycles. The number of anilines is 1. The van der Waals surface area contributed by atoms with Crippen molar-refractivity contribution in [1.82, 2.24) is 20.1 Å². The molecule has 0 aliphatic heterocycles. The largest absolute Gasteiger partial charge is 0.384 e. The molecule has 5 aromatic rings. The number of rotatable bonds is 5. The summed E-state index contributed by atoms with van der Waals surface area (Å²) >= 11 is 0. The fourth-order valence-corrected chi connectivity index (χ4v) is 4.08. The van der Waals surface area contributed by atoms with E-state index in [0.29, 0.717) is 23.1 Å². The Hall–Kier alpha value is -4.17. The van der Waals surface area contributed by atoms with Crippen LogP contribution in [0.15, 0.2) is 59.1 Å². The highest BCUT2D eigenvalue weighted by atomic mass is 16.5. The Labute approximate surface area is 189 Å². The number of aryl methyl sites for hydroxylation is 2. The molecule has 0 bridgehead atoms. The lowest BCUT2D eigenvalue weighted by Crippen LogP contribution is -2.13. The normalized spacial score (nSPS) is 12.2. The number of carbonyl (C=O) groups is 1. The molecule has 4 N–H and O–H groups in total. The Kier molecular flexibility index (Phi) is 5.07. The quantitative estimate of drug-likeness (QED) is 0.312. The van der Waals surface area contributed by atoms with Gasteiger partial charge in [-0.05, 0) is 49.6 Å². The fraction of sp³-hybridized carbons (Fsp3) is 0.160. The van der Waals surface area contributed by atoms with Crippen LogP contribution >= 0.6 is 0 Å². The monoisotopic (exact) mass is 441 g/mol. The van der Waals surface area contributed by atoms with Crippen molar-refractivity contribution >= 4 is 22.8 Å². The number of fused-ring (bicyclic) bond motifs is 1. The average Bonchev–Trinajstić information content (AvgIpc) is 3.49. The summed E-state index contributed by atoms with van der Waals surface area (Å²) in [5, 5.41) is 17.3. The highest BCUT2D eigenvalue weighted by Gasteiger charge is 2.22. The minimum Gasteiger partial charge on any atom is -0.384 e. The minimum atomic E-state index is -0.728. The van der Waals surface area contributed by atoms with Crippen LogP contribution in [0.1, 0.15) is 44.7 Å². The third kappa shape index (κ3) is 3.81. The molecule has 3 heterocycles. The minimum absolute atomic E-state index is 0.306. The van der Waals surface area contributed by atoms with E-state index in [2.05, 4.69) is 20.4 Å². The molecular weight excluding hydrogens is 418 g/mol. The van der Waals surface area contributed by atoms with Crippen LogP contribution in [0.5, 0.6) is 0 Å². The van der Waals surface area contributed by atoms with Crippen LogP contribution in [0.2, 0.25) is 0 Å². The first-order chi connectivity index (χ1) is 15.9. The van der Waals surface area contributed by atoms with Crippen LogP contribution in [-0.4, -0.2) is 31.1 Å². The van der Waals surface area contributed by atoms with Gasteiger partial charge in [0.15, 0.2) is 5.82 Å². The van der Waals surface area contributed by atoms with Gasteiger partial charge in [0.25, 0.3) is 5.91 Å². The number of imidazole rings is 1. The van der Waals surface area contributed by atoms with Gasteiger partial charge in [0, 0.05) is 17.3 Å². The molecule has 0 aliphatic carbocycles. The number of nitrogens with zero attached hydrogens (tertiary/aromatic N) is 2. The highest BCUT2D eigenvalue weighted by molar-refractivity contribution is 6.05. The molecule has 8 heteroatoms. The zero-order valence-electron chi connectivity index (χ0n) is 18.4. The molecule has 0 radical (unpaired) electrons. The molecule has 0 fully saturated rings. The van der Waals surface area contributed by atoms with Crippen LogP contribution in [0.4, 0.5) is 5.82 Å². The maximum Gasteiger partial charge on any atom is 0.273 e. The number of aromatic amines is 2. The van der Waals surface area contributed by atoms with Crippen molar-refractivity contribution in [2.24, 2.45) is 0 Å². The molecule has 1 atom stereocenters. The van der Waals surface area contributed by atoms with Gasteiger partial charge in [-0.1, -0.05) is 41.6 Å². The molecule has 0 saturated heterocycles. The molecular formula is C25H23N5O3. The Morgan fingerprint density at radius 2 is 1.82 bits per heavy atom. The molecule has 8 nitrogen and oxygen atoms in total. The second kappa shape index (κ2) is 8.07. The van der Waals surface area contributed by atoms with Gasteiger partial charge in [0.1, 0.15) is 23.4 Å². The van der Waals surface area contributed by atoms with Gasteiger partial charge in [-0.25, -0.2) is 4.98 Å². The van der Waals surface area contributed by atoms with Crippen molar-refractivity contribution in [3.8, 4) is 11.4 Å². The van der Waals surface area contributed by atoms with E-state index >= 15 is 0 Å². The van der Waals surface area contributed by atoms with E-state index in [0.717, 1.165) is 39.0 Å². The van der Waals surface area contributed by atoms with Crippen molar-refractivity contribution in [3.63, 3.8) is 0 Å². The molecule has 5 rings (SSSR count). The number of aliphatic hydroxyl groups excluding tert-OH is 1. The Balaban J connectivity index is 1.47. The van der Waals surface area contributed by atoms with Crippen molar-refractivity contribution in [2.75, 3.05) is 5.32 Å². The van der Waals surface area contributed by atoms with Gasteiger partial charge >= 0.3 is 0 Å². The van der Waals surface area contributed by atoms with E-state index in [-0.39, 0.29) is 5.91 Å². The van der Waals surface area contributed by atoms with Crippen LogP contribution in [-0.2, 0) is 0 Å².